The average Bonchev–Trinajstić information content (AvgIpc) is 2.80. The van der Waals surface area contributed by atoms with Gasteiger partial charge in [0.15, 0.2) is 0 Å². The summed E-state index contributed by atoms with van der Waals surface area (Å²) in [6.45, 7) is 1.77. The fraction of sp³-hybridized carbons (Fsp3) is 0.364. The fourth-order valence-corrected chi connectivity index (χ4v) is 2.08. The molecule has 1 aliphatic rings. The highest BCUT2D eigenvalue weighted by Gasteiger charge is 2.57. The molecule has 3 heteroatoms. The molecule has 0 amide bonds. The minimum absolute atomic E-state index is 0.0775. The molecule has 1 fully saturated rings. The van der Waals surface area contributed by atoms with Crippen LogP contribution in [0.2, 0.25) is 5.02 Å². The van der Waals surface area contributed by atoms with E-state index in [0.717, 1.165) is 5.56 Å². The van der Waals surface area contributed by atoms with Gasteiger partial charge in [-0.3, -0.25) is 4.79 Å². The molecule has 0 bridgehead atoms. The molecule has 0 unspecified atom stereocenters. The highest BCUT2D eigenvalue weighted by molar-refractivity contribution is 6.31. The zero-order valence-corrected chi connectivity index (χ0v) is 8.58. The van der Waals surface area contributed by atoms with Crippen LogP contribution in [0.5, 0.6) is 0 Å². The minimum atomic E-state index is -0.734. The lowest BCUT2D eigenvalue weighted by atomic mass is 10.0. The summed E-state index contributed by atoms with van der Waals surface area (Å²) in [6, 6.07) is 7.45. The maximum absolute atomic E-state index is 10.9. The maximum Gasteiger partial charge on any atom is 0.309 e. The van der Waals surface area contributed by atoms with Gasteiger partial charge in [0.05, 0.1) is 5.41 Å². The van der Waals surface area contributed by atoms with Gasteiger partial charge in [-0.1, -0.05) is 29.8 Å². The second-order valence-electron chi connectivity index (χ2n) is 4.00. The molecule has 2 rings (SSSR count). The third kappa shape index (κ3) is 1.30. The molecule has 0 aliphatic heterocycles. The summed E-state index contributed by atoms with van der Waals surface area (Å²) in [6.07, 6.45) is 0.687. The first-order valence-corrected chi connectivity index (χ1v) is 4.91. The molecule has 1 saturated carbocycles. The molecule has 1 aromatic carbocycles. The number of hydrogen-bond donors (Lipinski definition) is 1. The topological polar surface area (TPSA) is 37.3 Å². The van der Waals surface area contributed by atoms with Crippen molar-refractivity contribution in [3.05, 3.63) is 34.9 Å². The summed E-state index contributed by atoms with van der Waals surface area (Å²) in [5.41, 5.74) is 0.351. The summed E-state index contributed by atoms with van der Waals surface area (Å²) in [7, 11) is 0. The number of carboxylic acid groups (broad SMARTS) is 1. The van der Waals surface area contributed by atoms with Crippen LogP contribution < -0.4 is 0 Å². The second-order valence-corrected chi connectivity index (χ2v) is 4.41. The van der Waals surface area contributed by atoms with Crippen molar-refractivity contribution >= 4 is 17.6 Å². The third-order valence-corrected chi connectivity index (χ3v) is 3.35. The predicted molar refractivity (Wildman–Crippen MR) is 54.6 cm³/mol. The van der Waals surface area contributed by atoms with Gasteiger partial charge in [-0.2, -0.15) is 0 Å². The lowest BCUT2D eigenvalue weighted by Crippen LogP contribution is -2.12. The zero-order valence-electron chi connectivity index (χ0n) is 7.83. The Morgan fingerprint density at radius 3 is 2.71 bits per heavy atom. The Morgan fingerprint density at radius 2 is 2.21 bits per heavy atom. The van der Waals surface area contributed by atoms with E-state index in [4.69, 9.17) is 16.7 Å². The van der Waals surface area contributed by atoms with Gasteiger partial charge < -0.3 is 5.11 Å². The van der Waals surface area contributed by atoms with E-state index in [0.29, 0.717) is 11.4 Å². The normalized spacial score (nSPS) is 30.0. The number of halogens is 1. The molecule has 74 valence electrons. The van der Waals surface area contributed by atoms with E-state index in [-0.39, 0.29) is 5.92 Å². The van der Waals surface area contributed by atoms with Crippen LogP contribution in [0, 0.1) is 5.41 Å². The number of aliphatic carboxylic acids is 1. The summed E-state index contributed by atoms with van der Waals surface area (Å²) >= 11 is 6.00. The first-order chi connectivity index (χ1) is 6.55. The Hall–Kier alpha value is -1.02. The van der Waals surface area contributed by atoms with E-state index in [1.807, 2.05) is 18.2 Å². The molecule has 0 saturated heterocycles. The molecule has 2 nitrogen and oxygen atoms in total. The minimum Gasteiger partial charge on any atom is -0.481 e. The Balaban J connectivity index is 2.29. The molecule has 14 heavy (non-hydrogen) atoms. The van der Waals surface area contributed by atoms with Crippen molar-refractivity contribution in [3.63, 3.8) is 0 Å². The van der Waals surface area contributed by atoms with Crippen molar-refractivity contribution < 1.29 is 9.90 Å². The van der Waals surface area contributed by atoms with Crippen LogP contribution in [0.15, 0.2) is 24.3 Å². The van der Waals surface area contributed by atoms with Gasteiger partial charge in [0.1, 0.15) is 0 Å². The molecular weight excluding hydrogens is 200 g/mol. The summed E-state index contributed by atoms with van der Waals surface area (Å²) < 4.78 is 0. The number of benzene rings is 1. The van der Waals surface area contributed by atoms with Crippen molar-refractivity contribution in [3.8, 4) is 0 Å². The van der Waals surface area contributed by atoms with Crippen LogP contribution in [0.1, 0.15) is 24.8 Å². The van der Waals surface area contributed by atoms with Gasteiger partial charge in [0, 0.05) is 10.9 Å². The molecular formula is C11H11ClO2. The van der Waals surface area contributed by atoms with Gasteiger partial charge >= 0.3 is 5.97 Å². The van der Waals surface area contributed by atoms with Crippen molar-refractivity contribution in [2.45, 2.75) is 19.3 Å². The van der Waals surface area contributed by atoms with Crippen LogP contribution in [0.3, 0.4) is 0 Å². The van der Waals surface area contributed by atoms with Crippen molar-refractivity contribution in [2.75, 3.05) is 0 Å². The van der Waals surface area contributed by atoms with E-state index in [9.17, 15) is 4.79 Å². The number of hydrogen-bond acceptors (Lipinski definition) is 1. The summed E-state index contributed by atoms with van der Waals surface area (Å²) in [5.74, 6) is -0.656. The van der Waals surface area contributed by atoms with Gasteiger partial charge in [-0.25, -0.2) is 0 Å². The maximum atomic E-state index is 10.9. The molecule has 1 aromatic rings. The van der Waals surface area contributed by atoms with Crippen LogP contribution in [0.25, 0.3) is 0 Å². The van der Waals surface area contributed by atoms with E-state index in [1.165, 1.54) is 0 Å². The van der Waals surface area contributed by atoms with Crippen molar-refractivity contribution in [1.82, 2.24) is 0 Å². The monoisotopic (exact) mass is 210 g/mol. The van der Waals surface area contributed by atoms with Crippen LogP contribution in [0.4, 0.5) is 0 Å². The van der Waals surface area contributed by atoms with E-state index in [2.05, 4.69) is 0 Å². The number of rotatable bonds is 2. The highest BCUT2D eigenvalue weighted by Crippen LogP contribution is 2.60. The van der Waals surface area contributed by atoms with Crippen molar-refractivity contribution in [2.24, 2.45) is 5.41 Å². The first kappa shape index (κ1) is 9.53. The SMILES string of the molecule is C[C@@]1(C(=O)O)C[C@H]1c1ccccc1Cl. The van der Waals surface area contributed by atoms with Crippen LogP contribution in [-0.2, 0) is 4.79 Å². The first-order valence-electron chi connectivity index (χ1n) is 4.53. The molecule has 1 N–H and O–H groups in total. The van der Waals surface area contributed by atoms with Gasteiger partial charge in [-0.05, 0) is 25.0 Å². The smallest absolute Gasteiger partial charge is 0.309 e. The lowest BCUT2D eigenvalue weighted by molar-refractivity contribution is -0.142. The Morgan fingerprint density at radius 1 is 1.57 bits per heavy atom. The Labute approximate surface area is 87.5 Å². The van der Waals surface area contributed by atoms with E-state index < -0.39 is 11.4 Å². The molecule has 0 aromatic heterocycles. The molecule has 0 heterocycles. The number of carbonyl (C=O) groups is 1. The van der Waals surface area contributed by atoms with E-state index in [1.54, 1.807) is 13.0 Å². The quantitative estimate of drug-likeness (QED) is 0.815. The van der Waals surface area contributed by atoms with Gasteiger partial charge in [-0.15, -0.1) is 0 Å². The van der Waals surface area contributed by atoms with E-state index >= 15 is 0 Å². The average molecular weight is 211 g/mol. The lowest BCUT2D eigenvalue weighted by Gasteiger charge is -2.06. The zero-order chi connectivity index (χ0) is 10.3. The standard InChI is InChI=1S/C11H11ClO2/c1-11(10(13)14)6-8(11)7-4-2-3-5-9(7)12/h2-5,8H,6H2,1H3,(H,13,14)/t8-,11+/m0/s1. The largest absolute Gasteiger partial charge is 0.481 e. The predicted octanol–water partition coefficient (Wildman–Crippen LogP) is 2.92. The Kier molecular flexibility index (Phi) is 2.04. The highest BCUT2D eigenvalue weighted by atomic mass is 35.5. The summed E-state index contributed by atoms with van der Waals surface area (Å²) in [4.78, 5) is 10.9. The fourth-order valence-electron chi connectivity index (χ4n) is 1.81. The second kappa shape index (κ2) is 2.99. The Bertz CT molecular complexity index is 389. The van der Waals surface area contributed by atoms with Gasteiger partial charge in [0.25, 0.3) is 0 Å². The molecule has 2 atom stereocenters. The molecule has 0 radical (unpaired) electrons. The van der Waals surface area contributed by atoms with Gasteiger partial charge in [0.2, 0.25) is 0 Å². The van der Waals surface area contributed by atoms with Crippen molar-refractivity contribution in [1.29, 1.82) is 0 Å². The van der Waals surface area contributed by atoms with Crippen LogP contribution in [-0.4, -0.2) is 11.1 Å². The molecule has 1 aliphatic carbocycles. The molecule has 0 spiro atoms. The third-order valence-electron chi connectivity index (χ3n) is 3.01. The summed E-state index contributed by atoms with van der Waals surface area (Å²) in [5, 5.41) is 9.66. The van der Waals surface area contributed by atoms with Crippen LogP contribution >= 0.6 is 11.6 Å². The number of carboxylic acids is 1.